The summed E-state index contributed by atoms with van der Waals surface area (Å²) in [6.07, 6.45) is 6.28. The van der Waals surface area contributed by atoms with E-state index in [-0.39, 0.29) is 11.6 Å². The van der Waals surface area contributed by atoms with Crippen LogP contribution in [0.2, 0.25) is 0 Å². The van der Waals surface area contributed by atoms with Crippen LogP contribution in [0.5, 0.6) is 0 Å². The van der Waals surface area contributed by atoms with Crippen molar-refractivity contribution in [3.63, 3.8) is 0 Å². The van der Waals surface area contributed by atoms with Gasteiger partial charge in [0.05, 0.1) is 6.21 Å². The molecule has 0 radical (unpaired) electrons. The molecule has 1 fully saturated rings. The quantitative estimate of drug-likeness (QED) is 0.506. The molecule has 112 valence electrons. The second-order valence-corrected chi connectivity index (χ2v) is 5.03. The lowest BCUT2D eigenvalue weighted by atomic mass is 9.95. The Bertz CT molecular complexity index is 539. The number of nitrogens with zero attached hydrogens (tertiary/aromatic N) is 1. The molecule has 0 heterocycles. The molecular formula is C15H18FN3O2. The summed E-state index contributed by atoms with van der Waals surface area (Å²) in [5.41, 5.74) is 2.34. The Kier molecular flexibility index (Phi) is 5.43. The number of nitrogens with one attached hydrogen (secondary N) is 2. The SMILES string of the molecule is O=C(N/N=C\c1ccccc1F)C(=O)NC1CCCCC1. The Labute approximate surface area is 122 Å². The maximum absolute atomic E-state index is 13.3. The van der Waals surface area contributed by atoms with Gasteiger partial charge in [-0.25, -0.2) is 9.82 Å². The second-order valence-electron chi connectivity index (χ2n) is 5.03. The van der Waals surface area contributed by atoms with Crippen LogP contribution in [0.4, 0.5) is 4.39 Å². The lowest BCUT2D eigenvalue weighted by Gasteiger charge is -2.22. The van der Waals surface area contributed by atoms with Crippen molar-refractivity contribution in [3.8, 4) is 0 Å². The number of hydrazone groups is 1. The highest BCUT2D eigenvalue weighted by molar-refractivity contribution is 6.35. The van der Waals surface area contributed by atoms with Crippen molar-refractivity contribution in [3.05, 3.63) is 35.6 Å². The van der Waals surface area contributed by atoms with Gasteiger partial charge in [-0.05, 0) is 18.9 Å². The Morgan fingerprint density at radius 1 is 1.14 bits per heavy atom. The van der Waals surface area contributed by atoms with Gasteiger partial charge in [-0.15, -0.1) is 0 Å². The molecule has 1 aromatic rings. The average Bonchev–Trinajstić information content (AvgIpc) is 2.50. The fourth-order valence-corrected chi connectivity index (χ4v) is 2.29. The number of hydrogen-bond acceptors (Lipinski definition) is 3. The van der Waals surface area contributed by atoms with E-state index in [0.717, 1.165) is 25.7 Å². The number of halogens is 1. The van der Waals surface area contributed by atoms with Crippen LogP contribution < -0.4 is 10.7 Å². The van der Waals surface area contributed by atoms with Crippen molar-refractivity contribution in [2.24, 2.45) is 5.10 Å². The molecule has 0 aliphatic heterocycles. The number of amides is 2. The lowest BCUT2D eigenvalue weighted by molar-refractivity contribution is -0.139. The monoisotopic (exact) mass is 291 g/mol. The molecule has 2 N–H and O–H groups in total. The van der Waals surface area contributed by atoms with Crippen LogP contribution in [0.25, 0.3) is 0 Å². The molecule has 0 bridgehead atoms. The zero-order chi connectivity index (χ0) is 15.1. The van der Waals surface area contributed by atoms with E-state index in [1.54, 1.807) is 12.1 Å². The first kappa shape index (κ1) is 15.2. The fraction of sp³-hybridized carbons (Fsp3) is 0.400. The third-order valence-corrected chi connectivity index (χ3v) is 3.42. The molecule has 21 heavy (non-hydrogen) atoms. The molecule has 6 heteroatoms. The van der Waals surface area contributed by atoms with E-state index in [4.69, 9.17) is 0 Å². The second kappa shape index (κ2) is 7.52. The molecule has 0 spiro atoms. The van der Waals surface area contributed by atoms with Gasteiger partial charge in [0.15, 0.2) is 0 Å². The Hall–Kier alpha value is -2.24. The van der Waals surface area contributed by atoms with E-state index >= 15 is 0 Å². The van der Waals surface area contributed by atoms with Crippen LogP contribution in [0.1, 0.15) is 37.7 Å². The molecule has 1 saturated carbocycles. The summed E-state index contributed by atoms with van der Waals surface area (Å²) in [6.45, 7) is 0. The van der Waals surface area contributed by atoms with Crippen molar-refractivity contribution < 1.29 is 14.0 Å². The summed E-state index contributed by atoms with van der Waals surface area (Å²) >= 11 is 0. The van der Waals surface area contributed by atoms with Crippen LogP contribution in [0.3, 0.4) is 0 Å². The van der Waals surface area contributed by atoms with Gasteiger partial charge in [-0.3, -0.25) is 9.59 Å². The Morgan fingerprint density at radius 3 is 2.57 bits per heavy atom. The summed E-state index contributed by atoms with van der Waals surface area (Å²) in [4.78, 5) is 23.2. The molecule has 1 aliphatic rings. The van der Waals surface area contributed by atoms with Gasteiger partial charge < -0.3 is 5.32 Å². The average molecular weight is 291 g/mol. The lowest BCUT2D eigenvalue weighted by Crippen LogP contribution is -2.44. The van der Waals surface area contributed by atoms with E-state index in [0.29, 0.717) is 0 Å². The van der Waals surface area contributed by atoms with Crippen molar-refractivity contribution in [2.75, 3.05) is 0 Å². The zero-order valence-corrected chi connectivity index (χ0v) is 11.6. The van der Waals surface area contributed by atoms with Gasteiger partial charge in [0, 0.05) is 11.6 Å². The summed E-state index contributed by atoms with van der Waals surface area (Å²) in [5.74, 6) is -1.98. The maximum Gasteiger partial charge on any atom is 0.329 e. The smallest absolute Gasteiger partial charge is 0.329 e. The molecule has 1 aliphatic carbocycles. The Balaban J connectivity index is 1.81. The van der Waals surface area contributed by atoms with Crippen LogP contribution >= 0.6 is 0 Å². The van der Waals surface area contributed by atoms with Crippen LogP contribution in [0.15, 0.2) is 29.4 Å². The van der Waals surface area contributed by atoms with E-state index in [2.05, 4.69) is 15.8 Å². The molecule has 2 amide bonds. The van der Waals surface area contributed by atoms with Crippen molar-refractivity contribution in [2.45, 2.75) is 38.1 Å². The van der Waals surface area contributed by atoms with Crippen LogP contribution in [-0.2, 0) is 9.59 Å². The minimum Gasteiger partial charge on any atom is -0.345 e. The first-order valence-electron chi connectivity index (χ1n) is 7.05. The van der Waals surface area contributed by atoms with Gasteiger partial charge in [-0.1, -0.05) is 37.5 Å². The maximum atomic E-state index is 13.3. The largest absolute Gasteiger partial charge is 0.345 e. The van der Waals surface area contributed by atoms with Gasteiger partial charge in [0.2, 0.25) is 0 Å². The molecule has 1 aromatic carbocycles. The summed E-state index contributed by atoms with van der Waals surface area (Å²) < 4.78 is 13.3. The van der Waals surface area contributed by atoms with Crippen molar-refractivity contribution >= 4 is 18.0 Å². The van der Waals surface area contributed by atoms with Gasteiger partial charge in [0.1, 0.15) is 5.82 Å². The molecule has 0 aromatic heterocycles. The highest BCUT2D eigenvalue weighted by Gasteiger charge is 2.19. The third-order valence-electron chi connectivity index (χ3n) is 3.42. The minimum atomic E-state index is -0.840. The summed E-state index contributed by atoms with van der Waals surface area (Å²) in [5, 5.41) is 6.27. The highest BCUT2D eigenvalue weighted by atomic mass is 19.1. The van der Waals surface area contributed by atoms with Gasteiger partial charge >= 0.3 is 11.8 Å². The van der Waals surface area contributed by atoms with E-state index in [9.17, 15) is 14.0 Å². The molecule has 2 rings (SSSR count). The Morgan fingerprint density at radius 2 is 1.86 bits per heavy atom. The first-order valence-corrected chi connectivity index (χ1v) is 7.05. The van der Waals surface area contributed by atoms with Crippen LogP contribution in [0, 0.1) is 5.82 Å². The number of carbonyl (C=O) groups is 2. The highest BCUT2D eigenvalue weighted by Crippen LogP contribution is 2.17. The fourth-order valence-electron chi connectivity index (χ4n) is 2.29. The zero-order valence-electron chi connectivity index (χ0n) is 11.6. The summed E-state index contributed by atoms with van der Waals surface area (Å²) in [7, 11) is 0. The topological polar surface area (TPSA) is 70.6 Å². The molecule has 5 nitrogen and oxygen atoms in total. The predicted octanol–water partition coefficient (Wildman–Crippen LogP) is 1.72. The first-order chi connectivity index (χ1) is 10.2. The number of benzene rings is 1. The van der Waals surface area contributed by atoms with Crippen LogP contribution in [-0.4, -0.2) is 24.1 Å². The van der Waals surface area contributed by atoms with Crippen molar-refractivity contribution in [1.82, 2.24) is 10.7 Å². The normalized spacial score (nSPS) is 15.9. The minimum absolute atomic E-state index is 0.0625. The van der Waals surface area contributed by atoms with Gasteiger partial charge in [0.25, 0.3) is 0 Å². The van der Waals surface area contributed by atoms with Gasteiger partial charge in [-0.2, -0.15) is 5.10 Å². The predicted molar refractivity (Wildman–Crippen MR) is 77.2 cm³/mol. The third kappa shape index (κ3) is 4.66. The van der Waals surface area contributed by atoms with E-state index in [1.165, 1.54) is 24.8 Å². The molecule has 0 saturated heterocycles. The number of rotatable bonds is 3. The molecule has 0 atom stereocenters. The number of carbonyl (C=O) groups excluding carboxylic acids is 2. The summed E-state index contributed by atoms with van der Waals surface area (Å²) in [6, 6.07) is 6.09. The molecular weight excluding hydrogens is 273 g/mol. The van der Waals surface area contributed by atoms with E-state index in [1.807, 2.05) is 0 Å². The van der Waals surface area contributed by atoms with Crippen molar-refractivity contribution in [1.29, 1.82) is 0 Å². The van der Waals surface area contributed by atoms with E-state index < -0.39 is 17.6 Å². The number of hydrogen-bond donors (Lipinski definition) is 2. The standard InChI is InChI=1S/C15H18FN3O2/c16-13-9-5-4-6-11(13)10-17-19-15(21)14(20)18-12-7-2-1-3-8-12/h4-6,9-10,12H,1-3,7-8H2,(H,18,20)(H,19,21)/b17-10-. The molecule has 0 unspecified atom stereocenters.